The molecule has 0 amide bonds. The van der Waals surface area contributed by atoms with Gasteiger partial charge < -0.3 is 4.74 Å². The van der Waals surface area contributed by atoms with Crippen LogP contribution in [-0.4, -0.2) is 32.4 Å². The number of halogens is 1. The fourth-order valence-corrected chi connectivity index (χ4v) is 2.97. The summed E-state index contributed by atoms with van der Waals surface area (Å²) < 4.78 is 43.6. The molecule has 0 radical (unpaired) electrons. The van der Waals surface area contributed by atoms with Gasteiger partial charge in [-0.1, -0.05) is 0 Å². The predicted molar refractivity (Wildman–Crippen MR) is 56.3 cm³/mol. The summed E-state index contributed by atoms with van der Waals surface area (Å²) in [5, 5.41) is 0. The van der Waals surface area contributed by atoms with E-state index >= 15 is 0 Å². The van der Waals surface area contributed by atoms with Gasteiger partial charge in [0.1, 0.15) is 23.1 Å². The Hall–Kier alpha value is -1.14. The number of rotatable bonds is 0. The van der Waals surface area contributed by atoms with Crippen LogP contribution in [0.2, 0.25) is 0 Å². The molecule has 88 valence electrons. The van der Waals surface area contributed by atoms with Gasteiger partial charge in [0.05, 0.1) is 6.04 Å². The van der Waals surface area contributed by atoms with Gasteiger partial charge in [-0.2, -0.15) is 4.31 Å². The average molecular weight is 245 g/mol. The summed E-state index contributed by atoms with van der Waals surface area (Å²) in [7, 11) is -2.09. The van der Waals surface area contributed by atoms with Gasteiger partial charge in [-0.05, 0) is 19.1 Å². The molecule has 0 N–H and O–H groups in total. The van der Waals surface area contributed by atoms with Crippen molar-refractivity contribution in [1.29, 1.82) is 0 Å². The van der Waals surface area contributed by atoms with Crippen molar-refractivity contribution < 1.29 is 17.5 Å². The zero-order chi connectivity index (χ0) is 11.9. The van der Waals surface area contributed by atoms with Gasteiger partial charge >= 0.3 is 0 Å². The summed E-state index contributed by atoms with van der Waals surface area (Å²) in [5.74, 6) is -0.428. The molecule has 0 aliphatic carbocycles. The van der Waals surface area contributed by atoms with Crippen LogP contribution in [0.15, 0.2) is 23.1 Å². The molecule has 1 aliphatic heterocycles. The SMILES string of the molecule is C[C@@H]1COc2cc(F)ccc2S(=O)(=O)N1C. The fourth-order valence-electron chi connectivity index (χ4n) is 1.52. The zero-order valence-electron chi connectivity index (χ0n) is 8.97. The average Bonchev–Trinajstić information content (AvgIpc) is 2.30. The van der Waals surface area contributed by atoms with Gasteiger partial charge in [-0.15, -0.1) is 0 Å². The third kappa shape index (κ3) is 1.68. The van der Waals surface area contributed by atoms with E-state index in [0.29, 0.717) is 0 Å². The lowest BCUT2D eigenvalue weighted by atomic mass is 10.3. The van der Waals surface area contributed by atoms with Crippen LogP contribution in [0, 0.1) is 5.82 Å². The van der Waals surface area contributed by atoms with E-state index in [1.54, 1.807) is 6.92 Å². The molecule has 0 spiro atoms. The highest BCUT2D eigenvalue weighted by Crippen LogP contribution is 2.30. The molecule has 0 aromatic heterocycles. The van der Waals surface area contributed by atoms with Crippen molar-refractivity contribution in [3.05, 3.63) is 24.0 Å². The van der Waals surface area contributed by atoms with Gasteiger partial charge in [0, 0.05) is 13.1 Å². The Kier molecular flexibility index (Phi) is 2.63. The Morgan fingerprint density at radius 3 is 2.88 bits per heavy atom. The molecular formula is C10H12FNO3S. The molecule has 1 aliphatic rings. The van der Waals surface area contributed by atoms with Crippen molar-refractivity contribution in [1.82, 2.24) is 4.31 Å². The van der Waals surface area contributed by atoms with Crippen LogP contribution in [0.3, 0.4) is 0 Å². The second-order valence-corrected chi connectivity index (χ2v) is 5.74. The molecule has 1 atom stereocenters. The molecule has 4 nitrogen and oxygen atoms in total. The smallest absolute Gasteiger partial charge is 0.246 e. The van der Waals surface area contributed by atoms with Crippen LogP contribution in [0.25, 0.3) is 0 Å². The number of fused-ring (bicyclic) bond motifs is 1. The Bertz CT molecular complexity index is 515. The summed E-state index contributed by atoms with van der Waals surface area (Å²) >= 11 is 0. The molecule has 0 saturated heterocycles. The van der Waals surface area contributed by atoms with Gasteiger partial charge in [-0.3, -0.25) is 0 Å². The van der Waals surface area contributed by atoms with E-state index in [1.807, 2.05) is 0 Å². The molecule has 1 aromatic carbocycles. The minimum absolute atomic E-state index is 0.0146. The summed E-state index contributed by atoms with van der Waals surface area (Å²) in [6, 6.07) is 3.16. The first-order valence-electron chi connectivity index (χ1n) is 4.83. The van der Waals surface area contributed by atoms with Crippen molar-refractivity contribution >= 4 is 10.0 Å². The number of hydrogen-bond acceptors (Lipinski definition) is 3. The predicted octanol–water partition coefficient (Wildman–Crippen LogP) is 1.23. The second-order valence-electron chi connectivity index (χ2n) is 3.77. The zero-order valence-corrected chi connectivity index (χ0v) is 9.79. The number of benzene rings is 1. The third-order valence-corrected chi connectivity index (χ3v) is 4.67. The van der Waals surface area contributed by atoms with Gasteiger partial charge in [0.25, 0.3) is 0 Å². The molecule has 6 heteroatoms. The Morgan fingerprint density at radius 1 is 1.50 bits per heavy atom. The van der Waals surface area contributed by atoms with Gasteiger partial charge in [0.15, 0.2) is 0 Å². The molecule has 0 fully saturated rings. The summed E-state index contributed by atoms with van der Waals surface area (Å²) in [6.45, 7) is 1.95. The Morgan fingerprint density at radius 2 is 2.19 bits per heavy atom. The number of sulfonamides is 1. The lowest BCUT2D eigenvalue weighted by Crippen LogP contribution is -2.36. The third-order valence-electron chi connectivity index (χ3n) is 2.66. The van der Waals surface area contributed by atoms with E-state index in [4.69, 9.17) is 4.74 Å². The van der Waals surface area contributed by atoms with E-state index in [1.165, 1.54) is 17.4 Å². The van der Waals surface area contributed by atoms with Crippen molar-refractivity contribution in [2.45, 2.75) is 17.9 Å². The van der Waals surface area contributed by atoms with Crippen LogP contribution in [0.5, 0.6) is 5.75 Å². The fraction of sp³-hybridized carbons (Fsp3) is 0.400. The standard InChI is InChI=1S/C10H12FNO3S/c1-7-6-15-9-5-8(11)3-4-10(9)16(13,14)12(7)2/h3-5,7H,6H2,1-2H3/t7-/m1/s1. The topological polar surface area (TPSA) is 46.6 Å². The molecule has 2 rings (SSSR count). The van der Waals surface area contributed by atoms with E-state index in [-0.39, 0.29) is 23.3 Å². The minimum atomic E-state index is -3.58. The first-order chi connectivity index (χ1) is 7.43. The highest BCUT2D eigenvalue weighted by molar-refractivity contribution is 7.89. The minimum Gasteiger partial charge on any atom is -0.490 e. The molecular weight excluding hydrogens is 233 g/mol. The lowest BCUT2D eigenvalue weighted by molar-refractivity contribution is 0.240. The van der Waals surface area contributed by atoms with Crippen LogP contribution < -0.4 is 4.74 Å². The van der Waals surface area contributed by atoms with Gasteiger partial charge in [0.2, 0.25) is 10.0 Å². The normalized spacial score (nSPS) is 24.3. The van der Waals surface area contributed by atoms with Crippen LogP contribution in [0.4, 0.5) is 4.39 Å². The van der Waals surface area contributed by atoms with Crippen molar-refractivity contribution in [2.75, 3.05) is 13.7 Å². The second kappa shape index (κ2) is 3.71. The maximum atomic E-state index is 13.0. The van der Waals surface area contributed by atoms with Crippen LogP contribution in [0.1, 0.15) is 6.92 Å². The van der Waals surface area contributed by atoms with Crippen molar-refractivity contribution in [3.8, 4) is 5.75 Å². The first kappa shape index (κ1) is 11.3. The molecule has 16 heavy (non-hydrogen) atoms. The lowest BCUT2D eigenvalue weighted by Gasteiger charge is -2.19. The van der Waals surface area contributed by atoms with Crippen LogP contribution >= 0.6 is 0 Å². The maximum absolute atomic E-state index is 13.0. The molecule has 0 bridgehead atoms. The van der Waals surface area contributed by atoms with Gasteiger partial charge in [-0.25, -0.2) is 12.8 Å². The number of ether oxygens (including phenoxy) is 1. The molecule has 1 aromatic rings. The largest absolute Gasteiger partial charge is 0.490 e. The summed E-state index contributed by atoms with van der Waals surface area (Å²) in [4.78, 5) is 0.0146. The van der Waals surface area contributed by atoms with E-state index in [2.05, 4.69) is 0 Å². The highest BCUT2D eigenvalue weighted by atomic mass is 32.2. The Labute approximate surface area is 93.7 Å². The monoisotopic (exact) mass is 245 g/mol. The number of nitrogens with zero attached hydrogens (tertiary/aromatic N) is 1. The molecule has 0 saturated carbocycles. The Balaban J connectivity index is 2.63. The van der Waals surface area contributed by atoms with Crippen LogP contribution in [-0.2, 0) is 10.0 Å². The van der Waals surface area contributed by atoms with E-state index in [0.717, 1.165) is 12.1 Å². The molecule has 0 unspecified atom stereocenters. The highest BCUT2D eigenvalue weighted by Gasteiger charge is 2.32. The number of hydrogen-bond donors (Lipinski definition) is 0. The van der Waals surface area contributed by atoms with Crippen molar-refractivity contribution in [2.24, 2.45) is 0 Å². The molecule has 1 heterocycles. The van der Waals surface area contributed by atoms with Crippen molar-refractivity contribution in [3.63, 3.8) is 0 Å². The summed E-state index contributed by atoms with van der Waals surface area (Å²) in [5.41, 5.74) is 0. The first-order valence-corrected chi connectivity index (χ1v) is 6.27. The maximum Gasteiger partial charge on any atom is 0.246 e. The quantitative estimate of drug-likeness (QED) is 0.690. The summed E-state index contributed by atoms with van der Waals surface area (Å²) in [6.07, 6.45) is 0. The van der Waals surface area contributed by atoms with E-state index in [9.17, 15) is 12.8 Å². The number of likely N-dealkylation sites (N-methyl/N-ethyl adjacent to an activating group) is 1. The van der Waals surface area contributed by atoms with E-state index < -0.39 is 15.8 Å².